The van der Waals surface area contributed by atoms with Crippen molar-refractivity contribution in [2.24, 2.45) is 29.4 Å². The molecule has 2 unspecified atom stereocenters. The fourth-order valence-electron chi connectivity index (χ4n) is 8.78. The molecule has 0 radical (unpaired) electrons. The monoisotopic (exact) mass is 839 g/mol. The number of nitrogens with zero attached hydrogens (tertiary/aromatic N) is 3. The molecule has 0 spiro atoms. The highest BCUT2D eigenvalue weighted by molar-refractivity contribution is 6.32. The first-order chi connectivity index (χ1) is 28.6. The molecule has 2 saturated carbocycles. The van der Waals surface area contributed by atoms with Gasteiger partial charge in [0.2, 0.25) is 18.6 Å². The minimum Gasteiger partial charge on any atom is -0.505 e. The van der Waals surface area contributed by atoms with Crippen LogP contribution in [0.1, 0.15) is 53.5 Å². The Labute approximate surface area is 351 Å². The Hall–Kier alpha value is -6.46. The number of phenolic OH excluding ortho intramolecular Hbond substituents is 1. The number of aliphatic hydroxyl groups is 1. The predicted molar refractivity (Wildman–Crippen MR) is 219 cm³/mol. The Bertz CT molecular complexity index is 2320. The lowest BCUT2D eigenvalue weighted by Gasteiger charge is -2.52. The fraction of sp³-hybridized carbons (Fsp3) is 0.409. The van der Waals surface area contributed by atoms with Crippen molar-refractivity contribution in [1.82, 2.24) is 9.80 Å². The number of rotatable bonds is 10. The lowest BCUT2D eigenvalue weighted by Crippen LogP contribution is -2.74. The molecule has 0 saturated heterocycles. The van der Waals surface area contributed by atoms with Crippen molar-refractivity contribution < 1.29 is 58.0 Å². The lowest BCUT2D eigenvalue weighted by molar-refractivity contribution is -0.181. The van der Waals surface area contributed by atoms with E-state index in [1.54, 1.807) is 64.0 Å². The van der Waals surface area contributed by atoms with Crippen molar-refractivity contribution in [3.05, 3.63) is 77.4 Å². The molecule has 322 valence electrons. The number of Topliss-reactive ketones (excluding diaryl/α,β-unsaturated/α-hetero) is 4. The van der Waals surface area contributed by atoms with Gasteiger partial charge in [0.15, 0.2) is 34.7 Å². The molecule has 17 nitrogen and oxygen atoms in total. The molecule has 0 aliphatic heterocycles. The third-order valence-electron chi connectivity index (χ3n) is 11.7. The van der Waals surface area contributed by atoms with Crippen molar-refractivity contribution in [2.45, 2.75) is 50.8 Å². The van der Waals surface area contributed by atoms with E-state index in [2.05, 4.69) is 5.32 Å². The van der Waals surface area contributed by atoms with Crippen LogP contribution >= 0.6 is 0 Å². The van der Waals surface area contributed by atoms with Gasteiger partial charge in [-0.2, -0.15) is 0 Å². The van der Waals surface area contributed by atoms with Crippen molar-refractivity contribution in [3.63, 3.8) is 0 Å². The third kappa shape index (κ3) is 7.98. The molecule has 3 aliphatic carbocycles. The minimum atomic E-state index is -2.90. The molecule has 0 heterocycles. The van der Waals surface area contributed by atoms with Crippen LogP contribution in [0.3, 0.4) is 0 Å². The number of nitrogens with two attached hydrogens (primary N) is 1. The van der Waals surface area contributed by atoms with Crippen LogP contribution < -0.4 is 16.0 Å². The third-order valence-corrected chi connectivity index (χ3v) is 11.7. The number of likely N-dealkylation sites (N-methyl/N-ethyl adjacent to an activating group) is 1. The highest BCUT2D eigenvalue weighted by atomic mass is 16.7. The first kappa shape index (κ1) is 44.1. The zero-order valence-corrected chi connectivity index (χ0v) is 34.9. The number of carbonyl (C=O) groups is 8. The molecular formula is C44H49N5O12. The van der Waals surface area contributed by atoms with Gasteiger partial charge in [0.1, 0.15) is 12.3 Å². The molecule has 3 aromatic carbocycles. The van der Waals surface area contributed by atoms with E-state index in [9.17, 15) is 48.6 Å². The van der Waals surface area contributed by atoms with Crippen LogP contribution in [0.2, 0.25) is 0 Å². The van der Waals surface area contributed by atoms with Crippen LogP contribution in [-0.2, 0) is 39.9 Å². The highest BCUT2D eigenvalue weighted by Crippen LogP contribution is 2.52. The van der Waals surface area contributed by atoms with Gasteiger partial charge >= 0.3 is 12.1 Å². The summed E-state index contributed by atoms with van der Waals surface area (Å²) in [7, 11) is 6.32. The number of amides is 3. The van der Waals surface area contributed by atoms with Gasteiger partial charge in [-0.25, -0.2) is 9.59 Å². The zero-order chi connectivity index (χ0) is 44.9. The second-order valence-corrected chi connectivity index (χ2v) is 17.0. The van der Waals surface area contributed by atoms with Gasteiger partial charge < -0.3 is 35.6 Å². The Kier molecular flexibility index (Phi) is 12.0. The summed E-state index contributed by atoms with van der Waals surface area (Å²) in [6.07, 6.45) is -1.12. The number of nitrogens with one attached hydrogen (secondary N) is 1. The first-order valence-corrected chi connectivity index (χ1v) is 19.6. The molecule has 0 aromatic heterocycles. The summed E-state index contributed by atoms with van der Waals surface area (Å²) in [5, 5.41) is 26.1. The maximum atomic E-state index is 14.4. The summed E-state index contributed by atoms with van der Waals surface area (Å²) in [6.45, 7) is 3.53. The van der Waals surface area contributed by atoms with E-state index in [4.69, 9.17) is 15.2 Å². The average molecular weight is 840 g/mol. The largest absolute Gasteiger partial charge is 0.505 e. The maximum Gasteiger partial charge on any atom is 0.413 e. The molecule has 61 heavy (non-hydrogen) atoms. The molecule has 5 N–H and O–H groups in total. The molecule has 3 aromatic rings. The number of benzene rings is 3. The van der Waals surface area contributed by atoms with Crippen LogP contribution in [0.5, 0.6) is 5.75 Å². The van der Waals surface area contributed by atoms with E-state index in [0.29, 0.717) is 11.3 Å². The summed E-state index contributed by atoms with van der Waals surface area (Å²) in [5.41, 5.74) is 3.73. The summed E-state index contributed by atoms with van der Waals surface area (Å²) in [6, 6.07) is 16.4. The van der Waals surface area contributed by atoms with Gasteiger partial charge in [-0.1, -0.05) is 42.5 Å². The number of primary amides is 1. The number of hydrogen-bond acceptors (Lipinski definition) is 14. The summed E-state index contributed by atoms with van der Waals surface area (Å²) < 4.78 is 10.4. The van der Waals surface area contributed by atoms with Gasteiger partial charge in [-0.3, -0.25) is 38.6 Å². The van der Waals surface area contributed by atoms with Crippen LogP contribution in [-0.4, -0.2) is 126 Å². The van der Waals surface area contributed by atoms with Crippen LogP contribution in [0, 0.1) is 23.7 Å². The second kappa shape index (κ2) is 16.5. The second-order valence-electron chi connectivity index (χ2n) is 17.0. The van der Waals surface area contributed by atoms with E-state index in [0.717, 1.165) is 16.0 Å². The van der Waals surface area contributed by atoms with Gasteiger partial charge in [-0.15, -0.1) is 0 Å². The zero-order valence-electron chi connectivity index (χ0n) is 34.9. The Morgan fingerprint density at radius 2 is 1.52 bits per heavy atom. The molecule has 17 heteroatoms. The van der Waals surface area contributed by atoms with Gasteiger partial charge in [0, 0.05) is 31.2 Å². The molecular weight excluding hydrogens is 791 g/mol. The Morgan fingerprint density at radius 3 is 2.10 bits per heavy atom. The van der Waals surface area contributed by atoms with E-state index in [-0.39, 0.29) is 29.7 Å². The highest BCUT2D eigenvalue weighted by Gasteiger charge is 2.69. The molecule has 0 bridgehead atoms. The lowest BCUT2D eigenvalue weighted by atomic mass is 9.52. The number of aromatic hydroxyl groups is 1. The number of anilines is 2. The molecule has 6 atom stereocenters. The van der Waals surface area contributed by atoms with Crippen LogP contribution in [0.25, 0.3) is 11.1 Å². The molecule has 3 aliphatic rings. The van der Waals surface area contributed by atoms with Crippen LogP contribution in [0.4, 0.5) is 16.2 Å². The molecule has 3 amide bonds. The topological polar surface area (TPSA) is 243 Å². The number of ether oxygens (including phenoxy) is 2. The SMILES string of the molecule is CN(C)c1cc(NC(=O)CN(C(=O)OCOC(=O)c2ccc(-c3ccccc3)cc2)C(C)(C)C)c(O)c2c1C[C@H]1C[C@H]3[C@H](N(C)C)C(=O)C(C(N)=O)C(=O)[C@@]3(O)C(=O)C1C2=O. The van der Waals surface area contributed by atoms with Crippen molar-refractivity contribution in [2.75, 3.05) is 51.7 Å². The van der Waals surface area contributed by atoms with Gasteiger partial charge in [0.25, 0.3) is 0 Å². The van der Waals surface area contributed by atoms with Crippen molar-refractivity contribution in [1.29, 1.82) is 0 Å². The molecule has 6 rings (SSSR count). The van der Waals surface area contributed by atoms with Crippen molar-refractivity contribution in [3.8, 4) is 16.9 Å². The van der Waals surface area contributed by atoms with Gasteiger partial charge in [0.05, 0.1) is 28.8 Å². The van der Waals surface area contributed by atoms with Crippen LogP contribution in [0.15, 0.2) is 60.7 Å². The number of carbonyl (C=O) groups excluding carboxylic acids is 8. The van der Waals surface area contributed by atoms with Gasteiger partial charge in [-0.05, 0) is 88.5 Å². The normalized spacial score (nSPS) is 23.3. The maximum absolute atomic E-state index is 14.4. The minimum absolute atomic E-state index is 0.00828. The molecule has 2 fully saturated rings. The number of hydrogen-bond donors (Lipinski definition) is 4. The van der Waals surface area contributed by atoms with Crippen molar-refractivity contribution >= 4 is 58.4 Å². The fourth-order valence-corrected chi connectivity index (χ4v) is 8.78. The number of esters is 1. The quantitative estimate of drug-likeness (QED) is 0.0993. The van der Waals surface area contributed by atoms with E-state index in [1.165, 1.54) is 25.1 Å². The first-order valence-electron chi connectivity index (χ1n) is 19.6. The summed E-state index contributed by atoms with van der Waals surface area (Å²) >= 11 is 0. The smallest absolute Gasteiger partial charge is 0.413 e. The van der Waals surface area contributed by atoms with E-state index >= 15 is 0 Å². The number of ketones is 4. The predicted octanol–water partition coefficient (Wildman–Crippen LogP) is 2.59. The average Bonchev–Trinajstić information content (AvgIpc) is 3.18. The van der Waals surface area contributed by atoms with E-state index in [1.807, 2.05) is 30.3 Å². The van der Waals surface area contributed by atoms with E-state index < -0.39 is 107 Å². The Balaban J connectivity index is 1.20. The summed E-state index contributed by atoms with van der Waals surface area (Å²) in [4.78, 5) is 112. The number of fused-ring (bicyclic) bond motifs is 3. The Morgan fingerprint density at radius 1 is 0.902 bits per heavy atom. The summed E-state index contributed by atoms with van der Waals surface area (Å²) in [5.74, 6) is -13.8. The standard InChI is InChI=1S/C44H49N5O12/c1-43(2,3)49(42(58)61-21-60-41(57)24-15-13-23(14-16-24)22-11-9-8-10-12-22)20-30(50)46-28-19-29(47(4)5)26-17-25-18-27-34(48(6)7)37(53)33(40(45)56)39(55)44(27,59)38(54)31(25)36(52)32(26)35(28)51/h8-16,19,25,27,31,33-34,51,59H,17-18,20-21H2,1-7H3,(H2,45,56)(H,46,50)/t25-,27-,31?,33?,34-,44-/m0/s1. The number of phenols is 1.